The first-order valence-corrected chi connectivity index (χ1v) is 9.62. The predicted octanol–water partition coefficient (Wildman–Crippen LogP) is 4.22. The van der Waals surface area contributed by atoms with E-state index in [2.05, 4.69) is 26.3 Å². The van der Waals surface area contributed by atoms with Crippen LogP contribution in [-0.2, 0) is 19.2 Å². The minimum absolute atomic E-state index is 0.0862. The maximum atomic E-state index is 11.7. The molecule has 0 unspecified atom stereocenters. The van der Waals surface area contributed by atoms with Gasteiger partial charge in [0, 0.05) is 42.0 Å². The molecule has 0 fully saturated rings. The zero-order valence-corrected chi connectivity index (χ0v) is 18.0. The van der Waals surface area contributed by atoms with Crippen molar-refractivity contribution >= 4 is 36.0 Å². The van der Waals surface area contributed by atoms with Gasteiger partial charge >= 0.3 is 23.9 Å². The molecule has 0 saturated carbocycles. The van der Waals surface area contributed by atoms with Crippen LogP contribution in [0.4, 0.5) is 0 Å². The minimum atomic E-state index is -0.723. The average molecular weight is 460 g/mol. The van der Waals surface area contributed by atoms with Crippen LogP contribution in [-0.4, -0.2) is 23.9 Å². The molecule has 0 atom stereocenters. The fourth-order valence-corrected chi connectivity index (χ4v) is 2.42. The average Bonchev–Trinajstić information content (AvgIpc) is 2.82. The maximum absolute atomic E-state index is 11.7. The molecule has 0 bridgehead atoms. The molecule has 0 spiro atoms. The lowest BCUT2D eigenvalue weighted by atomic mass is 10.1. The summed E-state index contributed by atoms with van der Waals surface area (Å²) in [6.07, 6.45) is 7.11. The molecule has 172 valence electrons. The Morgan fingerprint density at radius 1 is 0.559 bits per heavy atom. The third-order valence-electron chi connectivity index (χ3n) is 3.88. The van der Waals surface area contributed by atoms with E-state index in [9.17, 15) is 19.2 Å². The molecular formula is C26H20O8. The van der Waals surface area contributed by atoms with Gasteiger partial charge in [-0.1, -0.05) is 38.5 Å². The Labute approximate surface area is 195 Å². The largest absolute Gasteiger partial charge is 0.423 e. The molecule has 0 aliphatic rings. The Morgan fingerprint density at radius 2 is 1.03 bits per heavy atom. The summed E-state index contributed by atoms with van der Waals surface area (Å²) in [5.74, 6) is -2.40. The van der Waals surface area contributed by atoms with Gasteiger partial charge in [-0.05, 0) is 29.8 Å². The molecular weight excluding hydrogens is 440 g/mol. The van der Waals surface area contributed by atoms with Crippen molar-refractivity contribution in [3.8, 4) is 23.0 Å². The van der Waals surface area contributed by atoms with Crippen molar-refractivity contribution in [3.05, 3.63) is 98.1 Å². The number of hydrogen-bond donors (Lipinski definition) is 0. The number of rotatable bonds is 10. The molecule has 2 aromatic carbocycles. The van der Waals surface area contributed by atoms with Crippen molar-refractivity contribution in [2.75, 3.05) is 0 Å². The third kappa shape index (κ3) is 7.61. The lowest BCUT2D eigenvalue weighted by Gasteiger charge is -2.09. The fraction of sp³-hybridized carbons (Fsp3) is 0. The van der Waals surface area contributed by atoms with Crippen LogP contribution in [0, 0.1) is 0 Å². The standard InChI is InChI=1S/C26H20O8/c1-5-23(27)31-19-12-11-18(22(16-19)34-26(30)8-4)10-9-17-13-20(32-24(28)6-2)15-21(14-17)33-25(29)7-3/h5-16H,1-4H2/b10-9+. The maximum Gasteiger partial charge on any atom is 0.335 e. The SMILES string of the molecule is C=CC(=O)Oc1cc(/C=C/c2ccc(OC(=O)C=C)cc2OC(=O)C=C)cc(OC(=O)C=C)c1. The van der Waals surface area contributed by atoms with Crippen molar-refractivity contribution in [3.63, 3.8) is 0 Å². The van der Waals surface area contributed by atoms with Gasteiger partial charge < -0.3 is 18.9 Å². The minimum Gasteiger partial charge on any atom is -0.423 e. The first-order chi connectivity index (χ1) is 16.3. The van der Waals surface area contributed by atoms with Crippen molar-refractivity contribution in [2.24, 2.45) is 0 Å². The van der Waals surface area contributed by atoms with Crippen LogP contribution >= 0.6 is 0 Å². The van der Waals surface area contributed by atoms with E-state index in [1.165, 1.54) is 30.3 Å². The smallest absolute Gasteiger partial charge is 0.335 e. The molecule has 0 N–H and O–H groups in total. The number of carbonyl (C=O) groups excluding carboxylic acids is 4. The lowest BCUT2D eigenvalue weighted by molar-refractivity contribution is -0.130. The summed E-state index contributed by atoms with van der Waals surface area (Å²) >= 11 is 0. The van der Waals surface area contributed by atoms with Crippen LogP contribution in [0.25, 0.3) is 12.2 Å². The Balaban J connectivity index is 2.45. The van der Waals surface area contributed by atoms with Gasteiger partial charge in [-0.15, -0.1) is 0 Å². The van der Waals surface area contributed by atoms with Crippen molar-refractivity contribution in [1.82, 2.24) is 0 Å². The van der Waals surface area contributed by atoms with Crippen LogP contribution in [0.3, 0.4) is 0 Å². The van der Waals surface area contributed by atoms with Crippen LogP contribution in [0.1, 0.15) is 11.1 Å². The summed E-state index contributed by atoms with van der Waals surface area (Å²) in [7, 11) is 0. The normalized spacial score (nSPS) is 10.0. The van der Waals surface area contributed by atoms with Crippen LogP contribution in [0.2, 0.25) is 0 Å². The Hall–Kier alpha value is -4.98. The summed E-state index contributed by atoms with van der Waals surface area (Å²) in [4.78, 5) is 46.4. The molecule has 0 saturated heterocycles. The Kier molecular flexibility index (Phi) is 9.04. The summed E-state index contributed by atoms with van der Waals surface area (Å²) < 4.78 is 20.5. The van der Waals surface area contributed by atoms with Gasteiger partial charge in [-0.25, -0.2) is 19.2 Å². The highest BCUT2D eigenvalue weighted by molar-refractivity contribution is 5.87. The molecule has 0 aliphatic carbocycles. The Bertz CT molecular complexity index is 1160. The predicted molar refractivity (Wildman–Crippen MR) is 125 cm³/mol. The molecule has 0 aromatic heterocycles. The van der Waals surface area contributed by atoms with Gasteiger partial charge in [-0.3, -0.25) is 0 Å². The molecule has 2 rings (SSSR count). The highest BCUT2D eigenvalue weighted by atomic mass is 16.6. The second-order valence-corrected chi connectivity index (χ2v) is 6.27. The molecule has 0 amide bonds. The van der Waals surface area contributed by atoms with E-state index in [-0.39, 0.29) is 23.0 Å². The van der Waals surface area contributed by atoms with Crippen molar-refractivity contribution in [1.29, 1.82) is 0 Å². The summed E-state index contributed by atoms with van der Waals surface area (Å²) in [6.45, 7) is 13.4. The highest BCUT2D eigenvalue weighted by Crippen LogP contribution is 2.29. The van der Waals surface area contributed by atoms with Gasteiger partial charge in [0.25, 0.3) is 0 Å². The zero-order chi connectivity index (χ0) is 25.1. The van der Waals surface area contributed by atoms with Gasteiger partial charge in [0.1, 0.15) is 23.0 Å². The summed E-state index contributed by atoms with van der Waals surface area (Å²) in [5, 5.41) is 0. The molecule has 2 aromatic rings. The third-order valence-corrected chi connectivity index (χ3v) is 3.88. The topological polar surface area (TPSA) is 105 Å². The first-order valence-electron chi connectivity index (χ1n) is 9.62. The van der Waals surface area contributed by atoms with E-state index >= 15 is 0 Å². The van der Waals surface area contributed by atoms with E-state index in [0.29, 0.717) is 11.1 Å². The Morgan fingerprint density at radius 3 is 1.53 bits per heavy atom. The lowest BCUT2D eigenvalue weighted by Crippen LogP contribution is -2.06. The highest BCUT2D eigenvalue weighted by Gasteiger charge is 2.11. The molecule has 34 heavy (non-hydrogen) atoms. The molecule has 0 radical (unpaired) electrons. The van der Waals surface area contributed by atoms with E-state index in [0.717, 1.165) is 24.3 Å². The van der Waals surface area contributed by atoms with Crippen LogP contribution < -0.4 is 18.9 Å². The van der Waals surface area contributed by atoms with E-state index in [1.54, 1.807) is 18.2 Å². The van der Waals surface area contributed by atoms with E-state index in [1.807, 2.05) is 0 Å². The number of ether oxygens (including phenoxy) is 4. The number of hydrogen-bond acceptors (Lipinski definition) is 8. The van der Waals surface area contributed by atoms with Gasteiger partial charge in [0.15, 0.2) is 0 Å². The number of benzene rings is 2. The molecule has 0 aliphatic heterocycles. The van der Waals surface area contributed by atoms with Crippen LogP contribution in [0.5, 0.6) is 23.0 Å². The molecule has 8 nitrogen and oxygen atoms in total. The van der Waals surface area contributed by atoms with Crippen molar-refractivity contribution < 1.29 is 38.1 Å². The summed E-state index contributed by atoms with van der Waals surface area (Å²) in [5.41, 5.74) is 0.913. The molecule has 0 heterocycles. The second kappa shape index (κ2) is 12.2. The molecule has 8 heteroatoms. The zero-order valence-electron chi connectivity index (χ0n) is 18.0. The summed E-state index contributed by atoms with van der Waals surface area (Å²) in [6, 6.07) is 8.76. The van der Waals surface area contributed by atoms with Crippen molar-refractivity contribution in [2.45, 2.75) is 0 Å². The van der Waals surface area contributed by atoms with E-state index in [4.69, 9.17) is 18.9 Å². The van der Waals surface area contributed by atoms with Crippen LogP contribution in [0.15, 0.2) is 87.0 Å². The van der Waals surface area contributed by atoms with Gasteiger partial charge in [0.2, 0.25) is 0 Å². The number of carbonyl (C=O) groups is 4. The van der Waals surface area contributed by atoms with Gasteiger partial charge in [0.05, 0.1) is 0 Å². The fourth-order valence-electron chi connectivity index (χ4n) is 2.42. The quantitative estimate of drug-likeness (QED) is 0.225. The monoisotopic (exact) mass is 460 g/mol. The van der Waals surface area contributed by atoms with E-state index < -0.39 is 23.9 Å². The first kappa shape index (κ1) is 25.3. The second-order valence-electron chi connectivity index (χ2n) is 6.27. The van der Waals surface area contributed by atoms with Gasteiger partial charge in [-0.2, -0.15) is 0 Å². The number of esters is 4.